The summed E-state index contributed by atoms with van der Waals surface area (Å²) >= 11 is 1.78. The van der Waals surface area contributed by atoms with Crippen LogP contribution in [0.4, 0.5) is 0 Å². The van der Waals surface area contributed by atoms with Crippen molar-refractivity contribution < 1.29 is 0 Å². The van der Waals surface area contributed by atoms with Gasteiger partial charge in [-0.25, -0.2) is 19.9 Å². The Kier molecular flexibility index (Phi) is 7.45. The van der Waals surface area contributed by atoms with Crippen LogP contribution in [0, 0.1) is 0 Å². The van der Waals surface area contributed by atoms with Crippen LogP contribution in [0.15, 0.2) is 164 Å². The SMILES string of the molecule is C1=CCC(c2cc(-c3ccccc3)nc(-c3cccc4sc5cc(-c6nc(-c7ccccc7)cc(-c7ccccc7)n6)ccc5c34)n2)C=C1. The Balaban J connectivity index is 1.19. The van der Waals surface area contributed by atoms with Gasteiger partial charge in [0, 0.05) is 53.9 Å². The lowest BCUT2D eigenvalue weighted by Crippen LogP contribution is -2.04. The average molecular weight is 647 g/mol. The molecule has 0 radical (unpaired) electrons. The van der Waals surface area contributed by atoms with Crippen molar-refractivity contribution in [1.82, 2.24) is 19.9 Å². The van der Waals surface area contributed by atoms with E-state index in [0.717, 1.165) is 62.8 Å². The van der Waals surface area contributed by atoms with Gasteiger partial charge >= 0.3 is 0 Å². The first kappa shape index (κ1) is 29.1. The highest BCUT2D eigenvalue weighted by Crippen LogP contribution is 2.41. The first-order chi connectivity index (χ1) is 24.3. The van der Waals surface area contributed by atoms with E-state index < -0.39 is 0 Å². The van der Waals surface area contributed by atoms with Crippen LogP contribution >= 0.6 is 11.3 Å². The van der Waals surface area contributed by atoms with E-state index in [4.69, 9.17) is 19.9 Å². The fourth-order valence-electron chi connectivity index (χ4n) is 6.57. The summed E-state index contributed by atoms with van der Waals surface area (Å²) in [6.07, 6.45) is 9.59. The molecular weight excluding hydrogens is 617 g/mol. The minimum Gasteiger partial charge on any atom is -0.232 e. The number of aromatic nitrogens is 4. The van der Waals surface area contributed by atoms with Gasteiger partial charge in [-0.1, -0.05) is 140 Å². The lowest BCUT2D eigenvalue weighted by atomic mass is 9.95. The molecular formula is C44H30N4S. The summed E-state index contributed by atoms with van der Waals surface area (Å²) in [7, 11) is 0. The summed E-state index contributed by atoms with van der Waals surface area (Å²) in [5.41, 5.74) is 9.01. The first-order valence-electron chi connectivity index (χ1n) is 16.5. The van der Waals surface area contributed by atoms with Crippen molar-refractivity contribution in [3.05, 3.63) is 170 Å². The molecule has 1 atom stereocenters. The van der Waals surface area contributed by atoms with Gasteiger partial charge in [-0.05, 0) is 30.7 Å². The zero-order chi connectivity index (χ0) is 32.6. The average Bonchev–Trinajstić information content (AvgIpc) is 3.57. The Labute approximate surface area is 288 Å². The number of fused-ring (bicyclic) bond motifs is 3. The van der Waals surface area contributed by atoms with Gasteiger partial charge < -0.3 is 0 Å². The maximum absolute atomic E-state index is 5.22. The third-order valence-corrected chi connectivity index (χ3v) is 10.2. The Morgan fingerprint density at radius 1 is 0.490 bits per heavy atom. The zero-order valence-corrected chi connectivity index (χ0v) is 27.4. The van der Waals surface area contributed by atoms with Gasteiger partial charge in [0.05, 0.1) is 22.8 Å². The van der Waals surface area contributed by atoms with Gasteiger partial charge in [-0.15, -0.1) is 11.3 Å². The monoisotopic (exact) mass is 646 g/mol. The van der Waals surface area contributed by atoms with Gasteiger partial charge in [0.2, 0.25) is 0 Å². The van der Waals surface area contributed by atoms with E-state index in [0.29, 0.717) is 5.82 Å². The molecule has 0 saturated carbocycles. The van der Waals surface area contributed by atoms with E-state index >= 15 is 0 Å². The van der Waals surface area contributed by atoms with Gasteiger partial charge in [-0.2, -0.15) is 0 Å². The quantitative estimate of drug-likeness (QED) is 0.180. The molecule has 0 amide bonds. The van der Waals surface area contributed by atoms with E-state index in [-0.39, 0.29) is 5.92 Å². The summed E-state index contributed by atoms with van der Waals surface area (Å²) in [5.74, 6) is 1.67. The summed E-state index contributed by atoms with van der Waals surface area (Å²) < 4.78 is 2.37. The van der Waals surface area contributed by atoms with Gasteiger partial charge in [0.1, 0.15) is 0 Å². The molecule has 5 aromatic carbocycles. The second-order valence-corrected chi connectivity index (χ2v) is 13.3. The van der Waals surface area contributed by atoms with Crippen LogP contribution in [0.5, 0.6) is 0 Å². The lowest BCUT2D eigenvalue weighted by molar-refractivity contribution is 0.811. The second-order valence-electron chi connectivity index (χ2n) is 12.2. The number of thiophene rings is 1. The normalized spacial score (nSPS) is 14.1. The molecule has 1 unspecified atom stereocenters. The summed E-state index contributed by atoms with van der Waals surface area (Å²) in [6.45, 7) is 0. The standard InChI is InChI=1S/C44H30N4S/c1-5-14-29(15-6-1)36-27-37(30-16-7-2-8-17-30)46-43(45-36)33-24-25-34-41(26-33)49-40-23-13-22-35(42(34)40)44-47-38(31-18-9-3-10-19-31)28-39(48-44)32-20-11-4-12-21-32/h1-20,22-28,32H,21H2. The van der Waals surface area contributed by atoms with Crippen LogP contribution < -0.4 is 0 Å². The molecule has 3 aromatic heterocycles. The largest absolute Gasteiger partial charge is 0.232 e. The molecule has 0 aliphatic heterocycles. The van der Waals surface area contributed by atoms with Crippen LogP contribution in [-0.4, -0.2) is 19.9 Å². The smallest absolute Gasteiger partial charge is 0.160 e. The third-order valence-electron chi connectivity index (χ3n) is 9.04. The van der Waals surface area contributed by atoms with Gasteiger partial charge in [0.15, 0.2) is 11.6 Å². The summed E-state index contributed by atoms with van der Waals surface area (Å²) in [6, 6.07) is 48.3. The Morgan fingerprint density at radius 3 is 1.76 bits per heavy atom. The van der Waals surface area contributed by atoms with E-state index in [1.54, 1.807) is 11.3 Å². The highest BCUT2D eigenvalue weighted by Gasteiger charge is 2.19. The molecule has 0 N–H and O–H groups in total. The van der Waals surface area contributed by atoms with Crippen LogP contribution in [0.2, 0.25) is 0 Å². The van der Waals surface area contributed by atoms with Gasteiger partial charge in [0.25, 0.3) is 0 Å². The van der Waals surface area contributed by atoms with Crippen LogP contribution in [-0.2, 0) is 0 Å². The van der Waals surface area contributed by atoms with E-state index in [1.807, 2.05) is 42.5 Å². The highest BCUT2D eigenvalue weighted by atomic mass is 32.1. The summed E-state index contributed by atoms with van der Waals surface area (Å²) in [4.78, 5) is 20.6. The number of benzene rings is 5. The molecule has 0 fully saturated rings. The molecule has 0 saturated heterocycles. The summed E-state index contributed by atoms with van der Waals surface area (Å²) in [5, 5.41) is 2.35. The van der Waals surface area contributed by atoms with Crippen molar-refractivity contribution in [1.29, 1.82) is 0 Å². The third kappa shape index (κ3) is 5.64. The minimum atomic E-state index is 0.211. The molecule has 0 bridgehead atoms. The van der Waals surface area contributed by atoms with Crippen molar-refractivity contribution in [2.75, 3.05) is 0 Å². The Morgan fingerprint density at radius 2 is 1.12 bits per heavy atom. The number of allylic oxidation sites excluding steroid dienone is 4. The van der Waals surface area contributed by atoms with E-state index in [1.165, 1.54) is 20.2 Å². The first-order valence-corrected chi connectivity index (χ1v) is 17.3. The van der Waals surface area contributed by atoms with Crippen LogP contribution in [0.1, 0.15) is 18.0 Å². The van der Waals surface area contributed by atoms with Crippen LogP contribution in [0.3, 0.4) is 0 Å². The zero-order valence-electron chi connectivity index (χ0n) is 26.6. The second kappa shape index (κ2) is 12.5. The Hall–Kier alpha value is -6.04. The Bertz CT molecular complexity index is 2460. The molecule has 1 aliphatic rings. The number of hydrogen-bond acceptors (Lipinski definition) is 5. The van der Waals surface area contributed by atoms with Crippen molar-refractivity contribution in [3.8, 4) is 56.5 Å². The van der Waals surface area contributed by atoms with E-state index in [9.17, 15) is 0 Å². The van der Waals surface area contributed by atoms with Crippen molar-refractivity contribution in [2.24, 2.45) is 0 Å². The van der Waals surface area contributed by atoms with Crippen molar-refractivity contribution >= 4 is 31.5 Å². The molecule has 1 aliphatic carbocycles. The molecule has 0 spiro atoms. The topological polar surface area (TPSA) is 51.6 Å². The molecule has 9 rings (SSSR count). The predicted octanol–water partition coefficient (Wildman–Crippen LogP) is 11.6. The fraction of sp³-hybridized carbons (Fsp3) is 0.0455. The maximum atomic E-state index is 5.22. The molecule has 3 heterocycles. The maximum Gasteiger partial charge on any atom is 0.160 e. The van der Waals surface area contributed by atoms with E-state index in [2.05, 4.69) is 121 Å². The molecule has 8 aromatic rings. The molecule has 5 heteroatoms. The number of rotatable bonds is 6. The van der Waals surface area contributed by atoms with Crippen molar-refractivity contribution in [2.45, 2.75) is 12.3 Å². The fourth-order valence-corrected chi connectivity index (χ4v) is 7.75. The van der Waals surface area contributed by atoms with Gasteiger partial charge in [-0.3, -0.25) is 0 Å². The van der Waals surface area contributed by atoms with Crippen molar-refractivity contribution in [3.63, 3.8) is 0 Å². The molecule has 49 heavy (non-hydrogen) atoms. The van der Waals surface area contributed by atoms with Crippen LogP contribution in [0.25, 0.3) is 76.7 Å². The predicted molar refractivity (Wildman–Crippen MR) is 203 cm³/mol. The number of nitrogens with zero attached hydrogens (tertiary/aromatic N) is 4. The highest BCUT2D eigenvalue weighted by molar-refractivity contribution is 7.26. The minimum absolute atomic E-state index is 0.211. The lowest BCUT2D eigenvalue weighted by Gasteiger charge is -2.16. The number of hydrogen-bond donors (Lipinski definition) is 0. The molecule has 4 nitrogen and oxygen atoms in total. The molecule has 232 valence electrons.